The van der Waals surface area contributed by atoms with E-state index in [4.69, 9.17) is 21.1 Å². The minimum Gasteiger partial charge on any atom is -0.497 e. The van der Waals surface area contributed by atoms with Crippen molar-refractivity contribution in [1.29, 1.82) is 0 Å². The number of aromatic nitrogens is 5. The normalized spacial score (nSPS) is 10.7. The topological polar surface area (TPSA) is 104 Å². The molecule has 2 heterocycles. The van der Waals surface area contributed by atoms with Gasteiger partial charge in [0, 0.05) is 17.1 Å². The minimum atomic E-state index is -0.293. The van der Waals surface area contributed by atoms with Crippen molar-refractivity contribution >= 4 is 34.2 Å². The maximum Gasteiger partial charge on any atom is 0.257 e. The van der Waals surface area contributed by atoms with Gasteiger partial charge in [-0.1, -0.05) is 16.8 Å². The zero-order valence-corrected chi connectivity index (χ0v) is 18.4. The molecular weight excluding hydrogens is 440 g/mol. The number of ether oxygens (including phenoxy) is 2. The molecule has 0 aliphatic heterocycles. The van der Waals surface area contributed by atoms with Gasteiger partial charge in [-0.2, -0.15) is 9.36 Å². The van der Waals surface area contributed by atoms with Gasteiger partial charge in [0.2, 0.25) is 5.13 Å². The first kappa shape index (κ1) is 20.8. The Balaban J connectivity index is 1.54. The van der Waals surface area contributed by atoms with E-state index in [1.165, 1.54) is 0 Å². The van der Waals surface area contributed by atoms with E-state index >= 15 is 0 Å². The summed E-state index contributed by atoms with van der Waals surface area (Å²) in [6, 6.07) is 12.1. The van der Waals surface area contributed by atoms with Crippen molar-refractivity contribution in [2.75, 3.05) is 19.5 Å². The summed E-state index contributed by atoms with van der Waals surface area (Å²) in [6.07, 6.45) is 0. The zero-order valence-electron chi connectivity index (χ0n) is 16.8. The maximum atomic E-state index is 12.4. The molecule has 0 saturated carbocycles. The third-order valence-corrected chi connectivity index (χ3v) is 5.41. The summed E-state index contributed by atoms with van der Waals surface area (Å²) < 4.78 is 16.2. The van der Waals surface area contributed by atoms with Gasteiger partial charge in [0.1, 0.15) is 11.5 Å². The van der Waals surface area contributed by atoms with Crippen LogP contribution < -0.4 is 14.8 Å². The van der Waals surface area contributed by atoms with Gasteiger partial charge in [0.15, 0.2) is 11.5 Å². The molecule has 1 N–H and O–H groups in total. The van der Waals surface area contributed by atoms with Gasteiger partial charge < -0.3 is 9.47 Å². The van der Waals surface area contributed by atoms with Gasteiger partial charge in [-0.3, -0.25) is 10.1 Å². The number of methoxy groups -OCH3 is 2. The van der Waals surface area contributed by atoms with Crippen molar-refractivity contribution in [2.45, 2.75) is 6.92 Å². The summed E-state index contributed by atoms with van der Waals surface area (Å²) in [6.45, 7) is 1.85. The maximum absolute atomic E-state index is 12.4. The Morgan fingerprint density at radius 3 is 2.58 bits per heavy atom. The molecule has 4 rings (SSSR count). The summed E-state index contributed by atoms with van der Waals surface area (Å²) >= 11 is 7.28. The molecule has 0 radical (unpaired) electrons. The van der Waals surface area contributed by atoms with Crippen LogP contribution >= 0.6 is 23.1 Å². The van der Waals surface area contributed by atoms with Crippen LogP contribution in [0.3, 0.4) is 0 Å². The van der Waals surface area contributed by atoms with Crippen LogP contribution in [0, 0.1) is 6.92 Å². The molecule has 0 fully saturated rings. The summed E-state index contributed by atoms with van der Waals surface area (Å²) in [7, 11) is 3.12. The minimum absolute atomic E-state index is 0.293. The molecule has 4 aromatic rings. The number of hydrogen-bond donors (Lipinski definition) is 1. The van der Waals surface area contributed by atoms with Gasteiger partial charge in [-0.15, -0.1) is 5.10 Å². The van der Waals surface area contributed by atoms with Crippen LogP contribution in [-0.2, 0) is 0 Å². The highest BCUT2D eigenvalue weighted by Crippen LogP contribution is 2.29. The average Bonchev–Trinajstić information content (AvgIpc) is 3.40. The number of carbonyl (C=O) groups is 1. The van der Waals surface area contributed by atoms with E-state index in [2.05, 4.69) is 25.0 Å². The quantitative estimate of drug-likeness (QED) is 0.467. The lowest BCUT2D eigenvalue weighted by molar-refractivity contribution is 0.102. The molecule has 0 aliphatic rings. The Morgan fingerprint density at radius 2 is 1.90 bits per heavy atom. The first-order chi connectivity index (χ1) is 15.0. The highest BCUT2D eigenvalue weighted by atomic mass is 35.5. The Bertz CT molecular complexity index is 1240. The molecular formula is C20H17ClN6O3S. The van der Waals surface area contributed by atoms with Gasteiger partial charge in [-0.05, 0) is 49.4 Å². The monoisotopic (exact) mass is 456 g/mol. The second kappa shape index (κ2) is 8.70. The first-order valence-corrected chi connectivity index (χ1v) is 10.2. The number of halogens is 1. The van der Waals surface area contributed by atoms with Crippen molar-refractivity contribution in [3.05, 3.63) is 58.7 Å². The standard InChI is InChI=1S/C20H17ClN6O3S/c1-11-17(24-26-27(11)13-6-9-16(30-3)15(21)10-13)18-22-20(31-25-18)23-19(28)12-4-7-14(29-2)8-5-12/h4-10H,1-3H3,(H,22,23,25,28). The van der Waals surface area contributed by atoms with Crippen molar-refractivity contribution in [2.24, 2.45) is 0 Å². The van der Waals surface area contributed by atoms with E-state index < -0.39 is 0 Å². The van der Waals surface area contributed by atoms with Crippen LogP contribution in [0.15, 0.2) is 42.5 Å². The SMILES string of the molecule is COc1ccc(C(=O)Nc2nc(-c3nnn(-c4ccc(OC)c(Cl)c4)c3C)ns2)cc1. The fraction of sp³-hybridized carbons (Fsp3) is 0.150. The van der Waals surface area contributed by atoms with E-state index in [0.29, 0.717) is 38.7 Å². The van der Waals surface area contributed by atoms with Crippen molar-refractivity contribution in [3.63, 3.8) is 0 Å². The number of nitrogens with zero attached hydrogens (tertiary/aromatic N) is 5. The molecule has 9 nitrogen and oxygen atoms in total. The number of carbonyl (C=O) groups excluding carboxylic acids is 1. The van der Waals surface area contributed by atoms with Gasteiger partial charge in [-0.25, -0.2) is 4.68 Å². The molecule has 1 amide bonds. The molecule has 11 heteroatoms. The molecule has 0 aliphatic carbocycles. The molecule has 31 heavy (non-hydrogen) atoms. The molecule has 0 atom stereocenters. The largest absolute Gasteiger partial charge is 0.497 e. The van der Waals surface area contributed by atoms with Crippen LogP contribution in [0.4, 0.5) is 5.13 Å². The van der Waals surface area contributed by atoms with E-state index in [-0.39, 0.29) is 5.91 Å². The highest BCUT2D eigenvalue weighted by molar-refractivity contribution is 7.10. The van der Waals surface area contributed by atoms with Crippen molar-refractivity contribution in [1.82, 2.24) is 24.4 Å². The lowest BCUT2D eigenvalue weighted by Crippen LogP contribution is -2.11. The van der Waals surface area contributed by atoms with Gasteiger partial charge in [0.25, 0.3) is 5.91 Å². The lowest BCUT2D eigenvalue weighted by atomic mass is 10.2. The average molecular weight is 457 g/mol. The van der Waals surface area contributed by atoms with Crippen LogP contribution in [0.5, 0.6) is 11.5 Å². The van der Waals surface area contributed by atoms with E-state index in [1.54, 1.807) is 55.3 Å². The molecule has 158 valence electrons. The van der Waals surface area contributed by atoms with Crippen molar-refractivity contribution in [3.8, 4) is 28.7 Å². The smallest absolute Gasteiger partial charge is 0.257 e. The number of benzene rings is 2. The number of amides is 1. The summed E-state index contributed by atoms with van der Waals surface area (Å²) in [5, 5.41) is 11.9. The van der Waals surface area contributed by atoms with E-state index in [1.807, 2.05) is 13.0 Å². The molecule has 0 saturated heterocycles. The van der Waals surface area contributed by atoms with Gasteiger partial charge >= 0.3 is 0 Å². The summed E-state index contributed by atoms with van der Waals surface area (Å²) in [4.78, 5) is 16.8. The first-order valence-electron chi connectivity index (χ1n) is 9.06. The Kier molecular flexibility index (Phi) is 5.83. The Hall–Kier alpha value is -3.50. The Labute approximate surface area is 186 Å². The van der Waals surface area contributed by atoms with Crippen LogP contribution in [0.2, 0.25) is 5.02 Å². The van der Waals surface area contributed by atoms with Gasteiger partial charge in [0.05, 0.1) is 30.6 Å². The zero-order chi connectivity index (χ0) is 22.0. The third kappa shape index (κ3) is 4.21. The van der Waals surface area contributed by atoms with Crippen LogP contribution in [0.25, 0.3) is 17.2 Å². The number of hydrogen-bond acceptors (Lipinski definition) is 8. The predicted molar refractivity (Wildman–Crippen MR) is 118 cm³/mol. The van der Waals surface area contributed by atoms with Crippen molar-refractivity contribution < 1.29 is 14.3 Å². The molecule has 2 aromatic carbocycles. The third-order valence-electron chi connectivity index (χ3n) is 4.49. The highest BCUT2D eigenvalue weighted by Gasteiger charge is 2.18. The Morgan fingerprint density at radius 1 is 1.13 bits per heavy atom. The second-order valence-electron chi connectivity index (χ2n) is 6.36. The molecule has 0 bridgehead atoms. The lowest BCUT2D eigenvalue weighted by Gasteiger charge is -2.07. The predicted octanol–water partition coefficient (Wildman–Crippen LogP) is 4.02. The number of anilines is 1. The van der Waals surface area contributed by atoms with Crippen LogP contribution in [-0.4, -0.2) is 44.5 Å². The number of rotatable bonds is 6. The fourth-order valence-corrected chi connectivity index (χ4v) is 3.67. The fourth-order valence-electron chi connectivity index (χ4n) is 2.85. The number of nitrogens with one attached hydrogen (secondary N) is 1. The van der Waals surface area contributed by atoms with Crippen LogP contribution in [0.1, 0.15) is 16.1 Å². The second-order valence-corrected chi connectivity index (χ2v) is 7.52. The van der Waals surface area contributed by atoms with E-state index in [9.17, 15) is 4.79 Å². The van der Waals surface area contributed by atoms with E-state index in [0.717, 1.165) is 22.9 Å². The summed E-state index contributed by atoms with van der Waals surface area (Å²) in [5.74, 6) is 1.32. The summed E-state index contributed by atoms with van der Waals surface area (Å²) in [5.41, 5.74) is 2.45. The molecule has 2 aromatic heterocycles. The molecule has 0 spiro atoms. The molecule has 0 unspecified atom stereocenters.